The van der Waals surface area contributed by atoms with E-state index in [1.54, 1.807) is 21.3 Å². The van der Waals surface area contributed by atoms with Crippen molar-refractivity contribution in [2.24, 2.45) is 0 Å². The summed E-state index contributed by atoms with van der Waals surface area (Å²) in [6, 6.07) is 37.5. The van der Waals surface area contributed by atoms with Gasteiger partial charge >= 0.3 is 0 Å². The fourth-order valence-electron chi connectivity index (χ4n) is 6.06. The molecule has 0 amide bonds. The number of fused-ring (bicyclic) bond motifs is 3. The first kappa shape index (κ1) is 32.0. The van der Waals surface area contributed by atoms with Gasteiger partial charge in [-0.2, -0.15) is 5.10 Å². The minimum absolute atomic E-state index is 0.470. The zero-order chi connectivity index (χ0) is 33.7. The van der Waals surface area contributed by atoms with Gasteiger partial charge < -0.3 is 24.3 Å². The SMILES string of the molecule is COc1cccc(Cn2nc(CNCc3ccccc3Oc3ccccc3)c3c4cc(OC)c(OC)cc4c(-c4ccccc4Cl)nc32)c1. The number of ether oxygens (including phenoxy) is 4. The van der Waals surface area contributed by atoms with Crippen LogP contribution in [-0.4, -0.2) is 36.1 Å². The summed E-state index contributed by atoms with van der Waals surface area (Å²) in [5.74, 6) is 3.57. The smallest absolute Gasteiger partial charge is 0.161 e. The lowest BCUT2D eigenvalue weighted by Crippen LogP contribution is -2.14. The summed E-state index contributed by atoms with van der Waals surface area (Å²) in [5.41, 5.74) is 5.17. The van der Waals surface area contributed by atoms with Crippen molar-refractivity contribution in [1.82, 2.24) is 20.1 Å². The van der Waals surface area contributed by atoms with Crippen LogP contribution in [-0.2, 0) is 19.6 Å². The van der Waals surface area contributed by atoms with Gasteiger partial charge in [0.25, 0.3) is 0 Å². The van der Waals surface area contributed by atoms with Crippen LogP contribution < -0.4 is 24.3 Å². The summed E-state index contributed by atoms with van der Waals surface area (Å²) < 4.78 is 25.2. The Morgan fingerprint density at radius 1 is 0.673 bits per heavy atom. The van der Waals surface area contributed by atoms with E-state index >= 15 is 0 Å². The Bertz CT molecular complexity index is 2250. The van der Waals surface area contributed by atoms with E-state index in [1.165, 1.54) is 0 Å². The molecule has 246 valence electrons. The van der Waals surface area contributed by atoms with Crippen LogP contribution in [0.2, 0.25) is 5.02 Å². The first-order chi connectivity index (χ1) is 24.1. The molecule has 0 atom stereocenters. The minimum Gasteiger partial charge on any atom is -0.497 e. The standard InChI is InChI=1S/C40H35ClN4O4/c1-46-29-16-11-12-26(20-29)25-45-40-38(34(44-45)24-42-23-27-13-7-10-19-35(27)49-28-14-5-4-6-15-28)31-21-36(47-2)37(48-3)22-32(31)39(43-40)30-17-8-9-18-33(30)41/h4-22,42H,23-25H2,1-3H3. The van der Waals surface area contributed by atoms with Gasteiger partial charge in [0.1, 0.15) is 17.2 Å². The van der Waals surface area contributed by atoms with Gasteiger partial charge in [0, 0.05) is 40.0 Å². The summed E-state index contributed by atoms with van der Waals surface area (Å²) in [5, 5.41) is 12.1. The molecule has 9 heteroatoms. The Labute approximate surface area is 289 Å². The van der Waals surface area contributed by atoms with E-state index in [0.29, 0.717) is 36.2 Å². The summed E-state index contributed by atoms with van der Waals surface area (Å²) in [6.07, 6.45) is 0. The summed E-state index contributed by atoms with van der Waals surface area (Å²) >= 11 is 6.79. The molecule has 0 aliphatic heterocycles. The summed E-state index contributed by atoms with van der Waals surface area (Å²) in [6.45, 7) is 1.51. The Morgan fingerprint density at radius 2 is 1.39 bits per heavy atom. The fourth-order valence-corrected chi connectivity index (χ4v) is 6.28. The van der Waals surface area contributed by atoms with Gasteiger partial charge in [-0.25, -0.2) is 9.67 Å². The highest BCUT2D eigenvalue weighted by molar-refractivity contribution is 6.33. The molecule has 0 aliphatic rings. The number of hydrogen-bond donors (Lipinski definition) is 1. The number of methoxy groups -OCH3 is 3. The molecule has 7 rings (SSSR count). The normalized spacial score (nSPS) is 11.2. The highest BCUT2D eigenvalue weighted by atomic mass is 35.5. The molecule has 0 spiro atoms. The van der Waals surface area contributed by atoms with Gasteiger partial charge in [0.05, 0.1) is 44.6 Å². The predicted octanol–water partition coefficient (Wildman–Crippen LogP) is 9.06. The van der Waals surface area contributed by atoms with E-state index < -0.39 is 0 Å². The van der Waals surface area contributed by atoms with Crippen LogP contribution in [0, 0.1) is 0 Å². The number of nitrogens with zero attached hydrogens (tertiary/aromatic N) is 3. The van der Waals surface area contributed by atoms with Crippen LogP contribution in [0.5, 0.6) is 28.7 Å². The lowest BCUT2D eigenvalue weighted by Gasteiger charge is -2.15. The van der Waals surface area contributed by atoms with Crippen molar-refractivity contribution in [2.45, 2.75) is 19.6 Å². The number of aromatic nitrogens is 3. The highest BCUT2D eigenvalue weighted by Crippen LogP contribution is 2.42. The maximum absolute atomic E-state index is 6.79. The van der Waals surface area contributed by atoms with Gasteiger partial charge in [-0.1, -0.05) is 78.3 Å². The number of hydrogen-bond acceptors (Lipinski definition) is 7. The third-order valence-corrected chi connectivity index (χ3v) is 8.74. The molecule has 2 heterocycles. The van der Waals surface area contributed by atoms with Crippen LogP contribution in [0.4, 0.5) is 0 Å². The largest absolute Gasteiger partial charge is 0.497 e. The Kier molecular flexibility index (Phi) is 9.32. The van der Waals surface area contributed by atoms with Crippen molar-refractivity contribution in [3.63, 3.8) is 0 Å². The van der Waals surface area contributed by atoms with E-state index in [1.807, 2.05) is 108 Å². The van der Waals surface area contributed by atoms with Crippen LogP contribution in [0.3, 0.4) is 0 Å². The molecule has 0 radical (unpaired) electrons. The van der Waals surface area contributed by atoms with Gasteiger partial charge in [0.15, 0.2) is 17.1 Å². The molecule has 1 N–H and O–H groups in total. The lowest BCUT2D eigenvalue weighted by atomic mass is 10.00. The van der Waals surface area contributed by atoms with Gasteiger partial charge in [-0.3, -0.25) is 0 Å². The number of benzene rings is 5. The molecule has 2 aromatic heterocycles. The van der Waals surface area contributed by atoms with Crippen LogP contribution in [0.15, 0.2) is 115 Å². The average molecular weight is 671 g/mol. The van der Waals surface area contributed by atoms with Crippen molar-refractivity contribution in [3.8, 4) is 40.0 Å². The number of rotatable bonds is 12. The maximum atomic E-state index is 6.79. The maximum Gasteiger partial charge on any atom is 0.161 e. The fraction of sp³-hybridized carbons (Fsp3) is 0.150. The quantitative estimate of drug-likeness (QED) is 0.139. The van der Waals surface area contributed by atoms with E-state index in [4.69, 9.17) is 40.6 Å². The van der Waals surface area contributed by atoms with Crippen molar-refractivity contribution >= 4 is 33.4 Å². The third kappa shape index (κ3) is 6.61. The second-order valence-electron chi connectivity index (χ2n) is 11.5. The van der Waals surface area contributed by atoms with E-state index in [9.17, 15) is 0 Å². The molecule has 0 bridgehead atoms. The van der Waals surface area contributed by atoms with Gasteiger partial charge in [-0.15, -0.1) is 0 Å². The first-order valence-corrected chi connectivity index (χ1v) is 16.3. The van der Waals surface area contributed by atoms with Gasteiger partial charge in [0.2, 0.25) is 0 Å². The molecule has 8 nitrogen and oxygen atoms in total. The lowest BCUT2D eigenvalue weighted by molar-refractivity contribution is 0.356. The Morgan fingerprint density at radius 3 is 2.16 bits per heavy atom. The molecule has 5 aromatic carbocycles. The highest BCUT2D eigenvalue weighted by Gasteiger charge is 2.22. The third-order valence-electron chi connectivity index (χ3n) is 8.41. The number of halogens is 1. The van der Waals surface area contributed by atoms with Gasteiger partial charge in [-0.05, 0) is 54.1 Å². The zero-order valence-corrected chi connectivity index (χ0v) is 28.2. The summed E-state index contributed by atoms with van der Waals surface area (Å²) in [4.78, 5) is 5.29. The molecule has 7 aromatic rings. The van der Waals surface area contributed by atoms with E-state index in [2.05, 4.69) is 17.4 Å². The first-order valence-electron chi connectivity index (χ1n) is 15.9. The average Bonchev–Trinajstić information content (AvgIpc) is 3.48. The Balaban J connectivity index is 1.35. The van der Waals surface area contributed by atoms with Crippen LogP contribution in [0.1, 0.15) is 16.8 Å². The summed E-state index contributed by atoms with van der Waals surface area (Å²) in [7, 11) is 4.94. The van der Waals surface area contributed by atoms with Crippen LogP contribution >= 0.6 is 11.6 Å². The minimum atomic E-state index is 0.470. The topological polar surface area (TPSA) is 79.7 Å². The second-order valence-corrected chi connectivity index (χ2v) is 11.9. The number of pyridine rings is 1. The Hall–Kier alpha value is -5.57. The number of nitrogens with one attached hydrogen (secondary N) is 1. The predicted molar refractivity (Wildman–Crippen MR) is 194 cm³/mol. The molecular weight excluding hydrogens is 636 g/mol. The molecule has 0 aliphatic carbocycles. The molecule has 0 fully saturated rings. The number of para-hydroxylation sites is 2. The van der Waals surface area contributed by atoms with Crippen LogP contribution in [0.25, 0.3) is 33.1 Å². The van der Waals surface area contributed by atoms with Crippen molar-refractivity contribution in [1.29, 1.82) is 0 Å². The van der Waals surface area contributed by atoms with Crippen molar-refractivity contribution < 1.29 is 18.9 Å². The molecular formula is C40H35ClN4O4. The molecule has 0 unspecified atom stereocenters. The second kappa shape index (κ2) is 14.3. The zero-order valence-electron chi connectivity index (χ0n) is 27.4. The molecule has 0 saturated heterocycles. The van der Waals surface area contributed by atoms with E-state index in [-0.39, 0.29) is 0 Å². The monoisotopic (exact) mass is 670 g/mol. The van der Waals surface area contributed by atoms with Crippen molar-refractivity contribution in [2.75, 3.05) is 21.3 Å². The molecule has 0 saturated carbocycles. The molecule has 49 heavy (non-hydrogen) atoms. The van der Waals surface area contributed by atoms with E-state index in [0.717, 1.165) is 67.1 Å². The van der Waals surface area contributed by atoms with Crippen molar-refractivity contribution in [3.05, 3.63) is 137 Å².